The summed E-state index contributed by atoms with van der Waals surface area (Å²) in [7, 11) is 0. The molecular formula is C21H31Cl3N4O. The van der Waals surface area contributed by atoms with Crippen LogP contribution in [0.25, 0.3) is 0 Å². The van der Waals surface area contributed by atoms with Crippen LogP contribution in [0, 0.1) is 0 Å². The molecule has 0 saturated carbocycles. The van der Waals surface area contributed by atoms with Gasteiger partial charge in [0.05, 0.1) is 0 Å². The molecule has 1 amide bonds. The second-order valence-electron chi connectivity index (χ2n) is 6.79. The average molecular weight is 462 g/mol. The van der Waals surface area contributed by atoms with Crippen molar-refractivity contribution in [2.75, 3.05) is 38.5 Å². The topological polar surface area (TPSA) is 61.6 Å². The number of rotatable bonds is 6. The average Bonchev–Trinajstić information content (AvgIpc) is 2.67. The molecule has 29 heavy (non-hydrogen) atoms. The van der Waals surface area contributed by atoms with Crippen LogP contribution in [-0.2, 0) is 13.1 Å². The van der Waals surface area contributed by atoms with Crippen LogP contribution in [0.4, 0.5) is 5.69 Å². The Kier molecular flexibility index (Phi) is 13.0. The molecule has 8 heteroatoms. The van der Waals surface area contributed by atoms with Gasteiger partial charge in [0, 0.05) is 50.5 Å². The molecule has 0 spiro atoms. The SMILES string of the molecule is CCN1CCN(Cc2ccccc2CNC(=O)c2cccc(N)c2)CC1.Cl.Cl.Cl. The Morgan fingerprint density at radius 1 is 0.931 bits per heavy atom. The number of hydrogen-bond donors (Lipinski definition) is 2. The van der Waals surface area contributed by atoms with Gasteiger partial charge in [0.1, 0.15) is 0 Å². The summed E-state index contributed by atoms with van der Waals surface area (Å²) < 4.78 is 0. The first-order valence-electron chi connectivity index (χ1n) is 9.31. The quantitative estimate of drug-likeness (QED) is 0.645. The fraction of sp³-hybridized carbons (Fsp3) is 0.381. The van der Waals surface area contributed by atoms with Gasteiger partial charge in [-0.3, -0.25) is 9.69 Å². The first kappa shape index (κ1) is 27.5. The number of nitrogens with two attached hydrogens (primary N) is 1. The summed E-state index contributed by atoms with van der Waals surface area (Å²) in [5, 5.41) is 3.02. The summed E-state index contributed by atoms with van der Waals surface area (Å²) in [5.41, 5.74) is 9.41. The number of nitrogens with zero attached hydrogens (tertiary/aromatic N) is 2. The molecule has 0 bridgehead atoms. The predicted molar refractivity (Wildman–Crippen MR) is 128 cm³/mol. The van der Waals surface area contributed by atoms with E-state index in [0.717, 1.165) is 39.3 Å². The lowest BCUT2D eigenvalue weighted by molar-refractivity contribution is 0.0950. The first-order chi connectivity index (χ1) is 12.7. The second-order valence-corrected chi connectivity index (χ2v) is 6.79. The number of amides is 1. The van der Waals surface area contributed by atoms with Crippen molar-refractivity contribution in [2.24, 2.45) is 0 Å². The molecule has 2 aromatic rings. The highest BCUT2D eigenvalue weighted by Crippen LogP contribution is 2.14. The summed E-state index contributed by atoms with van der Waals surface area (Å²) in [4.78, 5) is 17.3. The normalized spacial score (nSPS) is 14.1. The van der Waals surface area contributed by atoms with E-state index >= 15 is 0 Å². The van der Waals surface area contributed by atoms with Crippen molar-refractivity contribution in [2.45, 2.75) is 20.0 Å². The molecule has 1 fully saturated rings. The Hall–Kier alpha value is -1.50. The van der Waals surface area contributed by atoms with Gasteiger partial charge >= 0.3 is 0 Å². The van der Waals surface area contributed by atoms with Crippen molar-refractivity contribution in [3.05, 3.63) is 65.2 Å². The number of halogens is 3. The first-order valence-corrected chi connectivity index (χ1v) is 9.31. The van der Waals surface area contributed by atoms with Crippen molar-refractivity contribution in [3.8, 4) is 0 Å². The van der Waals surface area contributed by atoms with E-state index < -0.39 is 0 Å². The van der Waals surface area contributed by atoms with Gasteiger partial charge in [-0.05, 0) is 35.9 Å². The number of carbonyl (C=O) groups is 1. The van der Waals surface area contributed by atoms with Crippen molar-refractivity contribution in [3.63, 3.8) is 0 Å². The van der Waals surface area contributed by atoms with Crippen molar-refractivity contribution in [1.29, 1.82) is 0 Å². The number of likely N-dealkylation sites (N-methyl/N-ethyl adjacent to an activating group) is 1. The van der Waals surface area contributed by atoms with Crippen LogP contribution in [0.15, 0.2) is 48.5 Å². The Labute approximate surface area is 192 Å². The zero-order valence-electron chi connectivity index (χ0n) is 16.7. The molecule has 2 aromatic carbocycles. The second kappa shape index (κ2) is 13.7. The third kappa shape index (κ3) is 8.03. The largest absolute Gasteiger partial charge is 0.399 e. The van der Waals surface area contributed by atoms with Gasteiger partial charge in [0.2, 0.25) is 0 Å². The van der Waals surface area contributed by atoms with Crippen LogP contribution in [0.2, 0.25) is 0 Å². The fourth-order valence-electron chi connectivity index (χ4n) is 3.35. The molecule has 1 aliphatic rings. The number of anilines is 1. The Bertz CT molecular complexity index is 752. The van der Waals surface area contributed by atoms with E-state index in [1.807, 2.05) is 6.07 Å². The highest BCUT2D eigenvalue weighted by molar-refractivity contribution is 5.94. The summed E-state index contributed by atoms with van der Waals surface area (Å²) in [6.07, 6.45) is 0. The molecule has 1 heterocycles. The molecule has 5 nitrogen and oxygen atoms in total. The summed E-state index contributed by atoms with van der Waals surface area (Å²) in [6.45, 7) is 9.25. The molecule has 0 unspecified atom stereocenters. The van der Waals surface area contributed by atoms with Crippen LogP contribution in [0.1, 0.15) is 28.4 Å². The smallest absolute Gasteiger partial charge is 0.251 e. The lowest BCUT2D eigenvalue weighted by Crippen LogP contribution is -2.45. The zero-order valence-corrected chi connectivity index (χ0v) is 19.1. The van der Waals surface area contributed by atoms with Gasteiger partial charge in [-0.15, -0.1) is 37.2 Å². The number of hydrogen-bond acceptors (Lipinski definition) is 4. The predicted octanol–water partition coefficient (Wildman–Crippen LogP) is 3.60. The number of carbonyl (C=O) groups excluding carboxylic acids is 1. The maximum absolute atomic E-state index is 12.4. The number of nitrogen functional groups attached to an aromatic ring is 1. The minimum atomic E-state index is -0.0938. The summed E-state index contributed by atoms with van der Waals surface area (Å²) >= 11 is 0. The Balaban J connectivity index is 0.00000261. The molecule has 0 radical (unpaired) electrons. The van der Waals surface area contributed by atoms with Gasteiger partial charge in [-0.2, -0.15) is 0 Å². The van der Waals surface area contributed by atoms with Crippen LogP contribution < -0.4 is 11.1 Å². The molecule has 1 aliphatic heterocycles. The third-order valence-corrected chi connectivity index (χ3v) is 5.01. The molecular weight excluding hydrogens is 431 g/mol. The van der Waals surface area contributed by atoms with Gasteiger partial charge in [0.15, 0.2) is 0 Å². The van der Waals surface area contributed by atoms with Crippen molar-refractivity contribution in [1.82, 2.24) is 15.1 Å². The van der Waals surface area contributed by atoms with Crippen molar-refractivity contribution < 1.29 is 4.79 Å². The van der Waals surface area contributed by atoms with E-state index in [0.29, 0.717) is 17.8 Å². The van der Waals surface area contributed by atoms with Gasteiger partial charge in [-0.1, -0.05) is 37.3 Å². The van der Waals surface area contributed by atoms with Gasteiger partial charge in [0.25, 0.3) is 5.91 Å². The molecule has 3 rings (SSSR count). The summed E-state index contributed by atoms with van der Waals surface area (Å²) in [6, 6.07) is 15.4. The van der Waals surface area contributed by atoms with Gasteiger partial charge in [-0.25, -0.2) is 0 Å². The lowest BCUT2D eigenvalue weighted by atomic mass is 10.1. The summed E-state index contributed by atoms with van der Waals surface area (Å²) in [5.74, 6) is -0.0938. The standard InChI is InChI=1S/C21H28N4O.3ClH/c1-2-24-10-12-25(13-11-24)16-19-7-4-3-6-18(19)15-23-21(26)17-8-5-9-20(22)14-17;;;/h3-9,14H,2,10-13,15-16,22H2,1H3,(H,23,26);3*1H. The van der Waals surface area contributed by atoms with Crippen molar-refractivity contribution >= 4 is 48.8 Å². The zero-order chi connectivity index (χ0) is 18.4. The molecule has 0 aliphatic carbocycles. The van der Waals surface area contributed by atoms with Crippen LogP contribution in [-0.4, -0.2) is 48.4 Å². The number of benzene rings is 2. The van der Waals surface area contributed by atoms with Crippen LogP contribution in [0.3, 0.4) is 0 Å². The van der Waals surface area contributed by atoms with Crippen LogP contribution >= 0.6 is 37.2 Å². The number of nitrogens with one attached hydrogen (secondary N) is 1. The molecule has 3 N–H and O–H groups in total. The fourth-order valence-corrected chi connectivity index (χ4v) is 3.35. The lowest BCUT2D eigenvalue weighted by Gasteiger charge is -2.34. The molecule has 162 valence electrons. The van der Waals surface area contributed by atoms with E-state index in [4.69, 9.17) is 5.73 Å². The third-order valence-electron chi connectivity index (χ3n) is 5.01. The minimum absolute atomic E-state index is 0. The number of piperazine rings is 1. The maximum Gasteiger partial charge on any atom is 0.251 e. The Morgan fingerprint density at radius 2 is 1.55 bits per heavy atom. The minimum Gasteiger partial charge on any atom is -0.399 e. The van der Waals surface area contributed by atoms with E-state index in [1.54, 1.807) is 24.3 Å². The maximum atomic E-state index is 12.4. The van der Waals surface area contributed by atoms with E-state index in [2.05, 4.69) is 40.2 Å². The van der Waals surface area contributed by atoms with E-state index in [9.17, 15) is 4.79 Å². The van der Waals surface area contributed by atoms with Gasteiger partial charge < -0.3 is 16.0 Å². The Morgan fingerprint density at radius 3 is 2.17 bits per heavy atom. The molecule has 0 atom stereocenters. The highest BCUT2D eigenvalue weighted by atomic mass is 35.5. The molecule has 1 saturated heterocycles. The van der Waals surface area contributed by atoms with Crippen LogP contribution in [0.5, 0.6) is 0 Å². The van der Waals surface area contributed by atoms with E-state index in [-0.39, 0.29) is 43.1 Å². The highest BCUT2D eigenvalue weighted by Gasteiger charge is 2.16. The van der Waals surface area contributed by atoms with E-state index in [1.165, 1.54) is 11.1 Å². The monoisotopic (exact) mass is 460 g/mol. The molecule has 0 aromatic heterocycles.